The third-order valence-corrected chi connectivity index (χ3v) is 8.75. The predicted molar refractivity (Wildman–Crippen MR) is 155 cm³/mol. The Morgan fingerprint density at radius 3 is 2.54 bits per heavy atom. The van der Waals surface area contributed by atoms with Crippen LogP contribution in [0.15, 0.2) is 72.9 Å². The second-order valence-electron chi connectivity index (χ2n) is 11.1. The van der Waals surface area contributed by atoms with Gasteiger partial charge in [0.25, 0.3) is 0 Å². The lowest BCUT2D eigenvalue weighted by Crippen LogP contribution is -2.53. The van der Waals surface area contributed by atoms with Gasteiger partial charge in [0.2, 0.25) is 23.6 Å². The van der Waals surface area contributed by atoms with Gasteiger partial charge in [-0.05, 0) is 60.4 Å². The van der Waals surface area contributed by atoms with Crippen LogP contribution in [0.3, 0.4) is 0 Å². The molecule has 2 fully saturated rings. The van der Waals surface area contributed by atoms with Crippen LogP contribution in [0.4, 0.5) is 17.1 Å². The quantitative estimate of drug-likeness (QED) is 0.283. The van der Waals surface area contributed by atoms with Gasteiger partial charge in [-0.15, -0.1) is 0 Å². The molecule has 0 saturated carbocycles. The molecule has 3 aliphatic rings. The fourth-order valence-corrected chi connectivity index (χ4v) is 6.93. The van der Waals surface area contributed by atoms with E-state index in [-0.39, 0.29) is 17.7 Å². The fourth-order valence-electron chi connectivity index (χ4n) is 6.93. The molecular weight excluding hydrogens is 518 g/mol. The minimum absolute atomic E-state index is 0.217. The Balaban J connectivity index is 1.34. The molecule has 9 nitrogen and oxygen atoms in total. The van der Waals surface area contributed by atoms with E-state index < -0.39 is 29.3 Å². The maximum atomic E-state index is 14.3. The lowest BCUT2D eigenvalue weighted by atomic mass is 9.76. The van der Waals surface area contributed by atoms with Gasteiger partial charge in [0, 0.05) is 47.0 Å². The van der Waals surface area contributed by atoms with Gasteiger partial charge in [0.15, 0.2) is 0 Å². The van der Waals surface area contributed by atoms with Crippen molar-refractivity contribution in [3.05, 3.63) is 89.6 Å². The molecule has 0 unspecified atom stereocenters. The van der Waals surface area contributed by atoms with Crippen LogP contribution in [-0.4, -0.2) is 34.7 Å². The summed E-state index contributed by atoms with van der Waals surface area (Å²) in [5.74, 6) is -2.96. The van der Waals surface area contributed by atoms with Gasteiger partial charge in [-0.25, -0.2) is 4.90 Å². The van der Waals surface area contributed by atoms with Crippen molar-refractivity contribution in [2.75, 3.05) is 15.5 Å². The summed E-state index contributed by atoms with van der Waals surface area (Å²) in [7, 11) is 0. The van der Waals surface area contributed by atoms with Crippen LogP contribution in [0.1, 0.15) is 30.5 Å². The van der Waals surface area contributed by atoms with E-state index in [9.17, 15) is 19.2 Å². The van der Waals surface area contributed by atoms with Crippen LogP contribution < -0.4 is 20.9 Å². The number of aromatic amines is 1. The highest BCUT2D eigenvalue weighted by molar-refractivity contribution is 6.26. The summed E-state index contributed by atoms with van der Waals surface area (Å²) in [6, 6.07) is 19.9. The van der Waals surface area contributed by atoms with E-state index in [4.69, 9.17) is 0 Å². The van der Waals surface area contributed by atoms with Crippen molar-refractivity contribution in [2.24, 2.45) is 11.8 Å². The number of rotatable bonds is 5. The molecule has 1 spiro atoms. The highest BCUT2D eigenvalue weighted by Crippen LogP contribution is 2.54. The Morgan fingerprint density at radius 2 is 1.78 bits per heavy atom. The molecule has 0 radical (unpaired) electrons. The molecule has 2 saturated heterocycles. The number of carbonyl (C=O) groups is 4. The van der Waals surface area contributed by atoms with Crippen molar-refractivity contribution in [3.63, 3.8) is 0 Å². The first-order chi connectivity index (χ1) is 19.8. The number of benzene rings is 3. The van der Waals surface area contributed by atoms with E-state index in [1.807, 2.05) is 55.6 Å². The van der Waals surface area contributed by atoms with Crippen molar-refractivity contribution in [1.29, 1.82) is 0 Å². The largest absolute Gasteiger partial charge is 0.361 e. The second-order valence-corrected chi connectivity index (χ2v) is 11.1. The Labute approximate surface area is 236 Å². The third kappa shape index (κ3) is 3.65. The summed E-state index contributed by atoms with van der Waals surface area (Å²) in [4.78, 5) is 58.4. The van der Waals surface area contributed by atoms with Gasteiger partial charge in [0.1, 0.15) is 5.54 Å². The van der Waals surface area contributed by atoms with Crippen LogP contribution in [0, 0.1) is 11.8 Å². The minimum Gasteiger partial charge on any atom is -0.361 e. The smallest absolute Gasteiger partial charge is 0.250 e. The standard InChI is InChI=1S/C32H29N5O4/c1-3-18-8-13-25-23(14-18)32(31(41)35-25)28-27(26(36-32)15-19-16-33-24-7-5-4-6-22(19)24)29(39)37(30(28)40)21-11-9-20(10-12-21)34-17(2)38/h4-14,16,26-28,33,36H,3,15H2,1-2H3,(H,34,38)(H,35,41)/t26-,27-,28-,32-/m1/s1. The molecule has 206 valence electrons. The second kappa shape index (κ2) is 9.14. The number of H-pyrrole nitrogens is 1. The topological polar surface area (TPSA) is 123 Å². The molecule has 7 rings (SSSR count). The number of hydrogen-bond acceptors (Lipinski definition) is 5. The summed E-state index contributed by atoms with van der Waals surface area (Å²) >= 11 is 0. The van der Waals surface area contributed by atoms with E-state index in [0.29, 0.717) is 29.0 Å². The number of aromatic nitrogens is 1. The molecule has 4 N–H and O–H groups in total. The lowest BCUT2D eigenvalue weighted by Gasteiger charge is -2.30. The molecule has 4 amide bonds. The van der Waals surface area contributed by atoms with Crippen LogP contribution in [-0.2, 0) is 37.6 Å². The zero-order chi connectivity index (χ0) is 28.5. The molecule has 3 aliphatic heterocycles. The molecule has 3 aromatic carbocycles. The Kier molecular flexibility index (Phi) is 5.62. The number of carbonyl (C=O) groups excluding carboxylic acids is 4. The molecule has 9 heteroatoms. The minimum atomic E-state index is -1.38. The zero-order valence-electron chi connectivity index (χ0n) is 22.7. The normalized spacial score (nSPS) is 24.7. The number of aryl methyl sites for hydroxylation is 1. The first-order valence-corrected chi connectivity index (χ1v) is 13.8. The highest BCUT2D eigenvalue weighted by Gasteiger charge is 2.70. The predicted octanol–water partition coefficient (Wildman–Crippen LogP) is 3.86. The summed E-state index contributed by atoms with van der Waals surface area (Å²) in [6.07, 6.45) is 3.16. The van der Waals surface area contributed by atoms with E-state index in [2.05, 4.69) is 20.9 Å². The Morgan fingerprint density at radius 1 is 1.00 bits per heavy atom. The first-order valence-electron chi connectivity index (χ1n) is 13.8. The molecule has 4 atom stereocenters. The van der Waals surface area contributed by atoms with Gasteiger partial charge in [-0.3, -0.25) is 24.5 Å². The molecule has 4 heterocycles. The van der Waals surface area contributed by atoms with Crippen molar-refractivity contribution < 1.29 is 19.2 Å². The maximum Gasteiger partial charge on any atom is 0.250 e. The van der Waals surface area contributed by atoms with Crippen LogP contribution >= 0.6 is 0 Å². The van der Waals surface area contributed by atoms with E-state index >= 15 is 0 Å². The van der Waals surface area contributed by atoms with Gasteiger partial charge in [-0.2, -0.15) is 0 Å². The molecule has 1 aromatic heterocycles. The lowest BCUT2D eigenvalue weighted by molar-refractivity contribution is -0.130. The Bertz CT molecular complexity index is 1760. The highest BCUT2D eigenvalue weighted by atomic mass is 16.2. The molecule has 0 bridgehead atoms. The molecule has 0 aliphatic carbocycles. The number of nitrogens with one attached hydrogen (secondary N) is 4. The van der Waals surface area contributed by atoms with Gasteiger partial charge in [0.05, 0.1) is 17.5 Å². The van der Waals surface area contributed by atoms with Crippen molar-refractivity contribution >= 4 is 51.6 Å². The molecular formula is C32H29N5O4. The summed E-state index contributed by atoms with van der Waals surface area (Å²) in [5, 5.41) is 10.3. The number of amides is 4. The fraction of sp³-hybridized carbons (Fsp3) is 0.250. The number of nitrogens with zero attached hydrogens (tertiary/aromatic N) is 1. The average Bonchev–Trinajstić information content (AvgIpc) is 3.67. The molecule has 4 aromatic rings. The first kappa shape index (κ1) is 25.2. The average molecular weight is 548 g/mol. The number of anilines is 3. The van der Waals surface area contributed by atoms with E-state index in [1.165, 1.54) is 11.8 Å². The van der Waals surface area contributed by atoms with Crippen molar-refractivity contribution in [1.82, 2.24) is 10.3 Å². The number of hydrogen-bond donors (Lipinski definition) is 4. The summed E-state index contributed by atoms with van der Waals surface area (Å²) in [5.41, 5.74) is 4.00. The van der Waals surface area contributed by atoms with Gasteiger partial charge >= 0.3 is 0 Å². The monoisotopic (exact) mass is 547 g/mol. The van der Waals surface area contributed by atoms with Crippen LogP contribution in [0.2, 0.25) is 0 Å². The van der Waals surface area contributed by atoms with Gasteiger partial charge < -0.3 is 15.6 Å². The van der Waals surface area contributed by atoms with Crippen LogP contribution in [0.5, 0.6) is 0 Å². The van der Waals surface area contributed by atoms with E-state index in [1.54, 1.807) is 24.3 Å². The van der Waals surface area contributed by atoms with Gasteiger partial charge in [-0.1, -0.05) is 37.3 Å². The summed E-state index contributed by atoms with van der Waals surface area (Å²) < 4.78 is 0. The van der Waals surface area contributed by atoms with Crippen molar-refractivity contribution in [3.8, 4) is 0 Å². The van der Waals surface area contributed by atoms with Crippen LogP contribution in [0.25, 0.3) is 10.9 Å². The number of imide groups is 1. The third-order valence-electron chi connectivity index (χ3n) is 8.75. The number of para-hydroxylation sites is 1. The van der Waals surface area contributed by atoms with Crippen molar-refractivity contribution in [2.45, 2.75) is 38.3 Å². The summed E-state index contributed by atoms with van der Waals surface area (Å²) in [6.45, 7) is 3.46. The SMILES string of the molecule is CCc1ccc2c(c1)[C@]1(N[C@H](Cc3c[nH]c4ccccc34)[C@H]3C(=O)N(c4ccc(NC(C)=O)cc4)C(=O)[C@@H]31)C(=O)N2. The molecule has 41 heavy (non-hydrogen) atoms. The maximum absolute atomic E-state index is 14.3. The zero-order valence-corrected chi connectivity index (χ0v) is 22.7. The number of fused-ring (bicyclic) bond motifs is 5. The Hall–Kier alpha value is -4.76. The van der Waals surface area contributed by atoms with E-state index in [0.717, 1.165) is 28.5 Å².